The van der Waals surface area contributed by atoms with Crippen LogP contribution in [0.3, 0.4) is 0 Å². The summed E-state index contributed by atoms with van der Waals surface area (Å²) in [6.07, 6.45) is 3.98. The molecule has 2 aromatic carbocycles. The molecule has 4 rings (SSSR count). The second-order valence-corrected chi connectivity index (χ2v) is 7.94. The first-order chi connectivity index (χ1) is 12.2. The molecule has 0 saturated carbocycles. The third-order valence-electron chi connectivity index (χ3n) is 5.12. The SMILES string of the molecule is Cc1ccc(NCCN2CCCCC2)c2c(=O)c3ccccc3sc12.Cl. The maximum atomic E-state index is 13.1. The molecule has 3 nitrogen and oxygen atoms in total. The fourth-order valence-electron chi connectivity index (χ4n) is 3.71. The van der Waals surface area contributed by atoms with Gasteiger partial charge < -0.3 is 10.2 Å². The van der Waals surface area contributed by atoms with Gasteiger partial charge in [-0.05, 0) is 56.6 Å². The number of nitrogens with one attached hydrogen (secondary N) is 1. The quantitative estimate of drug-likeness (QED) is 0.635. The van der Waals surface area contributed by atoms with E-state index in [9.17, 15) is 4.79 Å². The summed E-state index contributed by atoms with van der Waals surface area (Å²) in [5.41, 5.74) is 2.29. The van der Waals surface area contributed by atoms with E-state index in [1.165, 1.54) is 37.9 Å². The molecular weight excluding hydrogens is 364 g/mol. The highest BCUT2D eigenvalue weighted by Gasteiger charge is 2.13. The molecule has 2 heterocycles. The summed E-state index contributed by atoms with van der Waals surface area (Å²) in [4.78, 5) is 15.6. The minimum atomic E-state index is 0. The lowest BCUT2D eigenvalue weighted by Gasteiger charge is -2.26. The number of rotatable bonds is 4. The molecule has 0 atom stereocenters. The van der Waals surface area contributed by atoms with Crippen LogP contribution in [0, 0.1) is 6.92 Å². The zero-order chi connectivity index (χ0) is 17.2. The molecule has 1 aromatic heterocycles. The van der Waals surface area contributed by atoms with E-state index >= 15 is 0 Å². The van der Waals surface area contributed by atoms with Crippen LogP contribution in [0.15, 0.2) is 41.2 Å². The van der Waals surface area contributed by atoms with Crippen molar-refractivity contribution in [3.8, 4) is 0 Å². The van der Waals surface area contributed by atoms with Gasteiger partial charge in [0.05, 0.1) is 5.39 Å². The number of fused-ring (bicyclic) bond motifs is 2. The van der Waals surface area contributed by atoms with Gasteiger partial charge in [0.1, 0.15) is 0 Å². The number of likely N-dealkylation sites (tertiary alicyclic amines) is 1. The standard InChI is InChI=1S/C21H24N2OS.ClH/c1-15-9-10-17(22-11-14-23-12-5-2-6-13-23)19-20(24)16-7-3-4-8-18(16)25-21(15)19;/h3-4,7-10,22H,2,5-6,11-14H2,1H3;1H. The number of hydrogen-bond donors (Lipinski definition) is 1. The van der Waals surface area contributed by atoms with Crippen molar-refractivity contribution in [1.82, 2.24) is 4.90 Å². The maximum Gasteiger partial charge on any atom is 0.197 e. The minimum Gasteiger partial charge on any atom is -0.383 e. The second kappa shape index (κ2) is 8.38. The Labute approximate surface area is 164 Å². The van der Waals surface area contributed by atoms with Gasteiger partial charge in [0.25, 0.3) is 0 Å². The summed E-state index contributed by atoms with van der Waals surface area (Å²) in [5.74, 6) is 0. The molecule has 0 amide bonds. The predicted octanol–water partition coefficient (Wildman–Crippen LogP) is 5.04. The lowest BCUT2D eigenvalue weighted by Crippen LogP contribution is -2.33. The molecule has 1 aliphatic rings. The Bertz CT molecular complexity index is 963. The van der Waals surface area contributed by atoms with Crippen LogP contribution in [0.2, 0.25) is 0 Å². The van der Waals surface area contributed by atoms with Crippen molar-refractivity contribution >= 4 is 49.6 Å². The van der Waals surface area contributed by atoms with E-state index in [0.717, 1.165) is 38.9 Å². The van der Waals surface area contributed by atoms with E-state index in [1.807, 2.05) is 24.3 Å². The highest BCUT2D eigenvalue weighted by atomic mass is 35.5. The monoisotopic (exact) mass is 388 g/mol. The van der Waals surface area contributed by atoms with Crippen molar-refractivity contribution in [1.29, 1.82) is 0 Å². The zero-order valence-corrected chi connectivity index (χ0v) is 16.7. The number of nitrogens with zero attached hydrogens (tertiary/aromatic N) is 1. The number of hydrogen-bond acceptors (Lipinski definition) is 4. The van der Waals surface area contributed by atoms with Crippen LogP contribution in [-0.2, 0) is 0 Å². The predicted molar refractivity (Wildman–Crippen MR) is 116 cm³/mol. The van der Waals surface area contributed by atoms with Gasteiger partial charge in [-0.25, -0.2) is 0 Å². The van der Waals surface area contributed by atoms with E-state index in [4.69, 9.17) is 0 Å². The van der Waals surface area contributed by atoms with E-state index in [-0.39, 0.29) is 17.8 Å². The molecule has 0 bridgehead atoms. The summed E-state index contributed by atoms with van der Waals surface area (Å²) in [7, 11) is 0. The van der Waals surface area contributed by atoms with Crippen LogP contribution < -0.4 is 10.7 Å². The van der Waals surface area contributed by atoms with Gasteiger partial charge >= 0.3 is 0 Å². The Morgan fingerprint density at radius 2 is 1.85 bits per heavy atom. The minimum absolute atomic E-state index is 0. The fraction of sp³-hybridized carbons (Fsp3) is 0.381. The molecule has 0 unspecified atom stereocenters. The second-order valence-electron chi connectivity index (χ2n) is 6.89. The number of aryl methyl sites for hydroxylation is 1. The van der Waals surface area contributed by atoms with Crippen molar-refractivity contribution in [2.24, 2.45) is 0 Å². The normalized spacial score (nSPS) is 15.1. The molecular formula is C21H25ClN2OS. The smallest absolute Gasteiger partial charge is 0.197 e. The Morgan fingerprint density at radius 3 is 2.65 bits per heavy atom. The van der Waals surface area contributed by atoms with Crippen molar-refractivity contribution in [3.63, 3.8) is 0 Å². The van der Waals surface area contributed by atoms with E-state index in [2.05, 4.69) is 29.3 Å². The lowest BCUT2D eigenvalue weighted by atomic mass is 10.1. The third kappa shape index (κ3) is 3.73. The van der Waals surface area contributed by atoms with Crippen molar-refractivity contribution in [2.75, 3.05) is 31.5 Å². The Balaban J connectivity index is 0.00000196. The summed E-state index contributed by atoms with van der Waals surface area (Å²) in [6, 6.07) is 12.1. The van der Waals surface area contributed by atoms with Gasteiger partial charge in [0.15, 0.2) is 5.43 Å². The lowest BCUT2D eigenvalue weighted by molar-refractivity contribution is 0.237. The van der Waals surface area contributed by atoms with Gasteiger partial charge in [-0.1, -0.05) is 24.6 Å². The average molecular weight is 389 g/mol. The van der Waals surface area contributed by atoms with Crippen molar-refractivity contribution < 1.29 is 0 Å². The topological polar surface area (TPSA) is 32.3 Å². The van der Waals surface area contributed by atoms with Crippen molar-refractivity contribution in [2.45, 2.75) is 26.2 Å². The largest absolute Gasteiger partial charge is 0.383 e. The van der Waals surface area contributed by atoms with E-state index in [1.54, 1.807) is 11.3 Å². The molecule has 5 heteroatoms. The third-order valence-corrected chi connectivity index (χ3v) is 6.42. The molecule has 0 spiro atoms. The van der Waals surface area contributed by atoms with Gasteiger partial charge in [0.2, 0.25) is 0 Å². The zero-order valence-electron chi connectivity index (χ0n) is 15.1. The number of piperidine rings is 1. The number of benzene rings is 2. The molecule has 1 N–H and O–H groups in total. The molecule has 1 aliphatic heterocycles. The van der Waals surface area contributed by atoms with Gasteiger partial charge in [0, 0.05) is 33.6 Å². The molecule has 1 saturated heterocycles. The maximum absolute atomic E-state index is 13.1. The number of halogens is 1. The summed E-state index contributed by atoms with van der Waals surface area (Å²) in [6.45, 7) is 6.42. The first-order valence-electron chi connectivity index (χ1n) is 9.15. The molecule has 1 fully saturated rings. The van der Waals surface area contributed by atoms with E-state index < -0.39 is 0 Å². The molecule has 0 radical (unpaired) electrons. The molecule has 26 heavy (non-hydrogen) atoms. The summed E-state index contributed by atoms with van der Waals surface area (Å²) in [5, 5.41) is 5.21. The van der Waals surface area contributed by atoms with Gasteiger partial charge in [-0.2, -0.15) is 0 Å². The van der Waals surface area contributed by atoms with Crippen LogP contribution in [0.4, 0.5) is 5.69 Å². The molecule has 138 valence electrons. The van der Waals surface area contributed by atoms with E-state index in [0.29, 0.717) is 0 Å². The van der Waals surface area contributed by atoms with Gasteiger partial charge in [-0.15, -0.1) is 23.7 Å². The Kier molecular flexibility index (Phi) is 6.17. The first-order valence-corrected chi connectivity index (χ1v) is 9.97. The van der Waals surface area contributed by atoms with Crippen LogP contribution in [0.25, 0.3) is 20.2 Å². The van der Waals surface area contributed by atoms with Crippen LogP contribution in [0.5, 0.6) is 0 Å². The van der Waals surface area contributed by atoms with Gasteiger partial charge in [-0.3, -0.25) is 4.79 Å². The van der Waals surface area contributed by atoms with Crippen LogP contribution in [0.1, 0.15) is 24.8 Å². The fourth-order valence-corrected chi connectivity index (χ4v) is 4.88. The van der Waals surface area contributed by atoms with Crippen LogP contribution >= 0.6 is 23.7 Å². The molecule has 3 aromatic rings. The highest BCUT2D eigenvalue weighted by Crippen LogP contribution is 2.31. The Hall–Kier alpha value is -1.62. The number of anilines is 1. The Morgan fingerprint density at radius 1 is 1.08 bits per heavy atom. The molecule has 0 aliphatic carbocycles. The van der Waals surface area contributed by atoms with Crippen LogP contribution in [-0.4, -0.2) is 31.1 Å². The summed E-state index contributed by atoms with van der Waals surface area (Å²) >= 11 is 1.72. The highest BCUT2D eigenvalue weighted by molar-refractivity contribution is 7.24. The summed E-state index contributed by atoms with van der Waals surface area (Å²) < 4.78 is 2.17. The first kappa shape index (κ1) is 19.2. The average Bonchev–Trinajstić information content (AvgIpc) is 2.65. The van der Waals surface area contributed by atoms with Crippen molar-refractivity contribution in [3.05, 3.63) is 52.2 Å².